The Morgan fingerprint density at radius 1 is 1.12 bits per heavy atom. The molecule has 2 nitrogen and oxygen atoms in total. The van der Waals surface area contributed by atoms with Crippen LogP contribution in [0.4, 0.5) is 0 Å². The van der Waals surface area contributed by atoms with Crippen molar-refractivity contribution in [1.82, 2.24) is 4.90 Å². The first-order valence-corrected chi connectivity index (χ1v) is 8.03. The summed E-state index contributed by atoms with van der Waals surface area (Å²) in [6.07, 6.45) is 3.89. The van der Waals surface area contributed by atoms with Gasteiger partial charge in [0.15, 0.2) is 0 Å². The lowest BCUT2D eigenvalue weighted by atomic mass is 9.82. The molecule has 2 bridgehead atoms. The Labute approximate surface area is 109 Å². The third kappa shape index (κ3) is 2.52. The van der Waals surface area contributed by atoms with Crippen LogP contribution < -0.4 is 0 Å². The standard InChI is InChI=1S/C14H25NOS/c1-14(2,3)17-7-6-15-8-10-11(9-15)13-5-4-12(10)16-13/h10-13H,4-9H2,1-3H3. The van der Waals surface area contributed by atoms with Crippen LogP contribution in [-0.2, 0) is 4.74 Å². The monoisotopic (exact) mass is 255 g/mol. The van der Waals surface area contributed by atoms with E-state index >= 15 is 0 Å². The number of nitrogens with zero attached hydrogens (tertiary/aromatic N) is 1. The van der Waals surface area contributed by atoms with E-state index in [2.05, 4.69) is 37.4 Å². The smallest absolute Gasteiger partial charge is 0.0624 e. The molecule has 0 aliphatic carbocycles. The molecule has 3 aliphatic heterocycles. The summed E-state index contributed by atoms with van der Waals surface area (Å²) in [6.45, 7) is 10.8. The minimum absolute atomic E-state index is 0.414. The van der Waals surface area contributed by atoms with Gasteiger partial charge < -0.3 is 9.64 Å². The second kappa shape index (κ2) is 4.43. The first-order chi connectivity index (χ1) is 8.03. The van der Waals surface area contributed by atoms with Crippen molar-refractivity contribution in [3.05, 3.63) is 0 Å². The maximum atomic E-state index is 6.01. The van der Waals surface area contributed by atoms with Crippen LogP contribution >= 0.6 is 11.8 Å². The van der Waals surface area contributed by atoms with E-state index < -0.39 is 0 Å². The predicted molar refractivity (Wildman–Crippen MR) is 73.5 cm³/mol. The van der Waals surface area contributed by atoms with E-state index in [0.29, 0.717) is 17.0 Å². The summed E-state index contributed by atoms with van der Waals surface area (Å²) in [6, 6.07) is 0. The van der Waals surface area contributed by atoms with Crippen LogP contribution in [0.2, 0.25) is 0 Å². The summed E-state index contributed by atoms with van der Waals surface area (Å²) in [4.78, 5) is 2.68. The van der Waals surface area contributed by atoms with E-state index in [-0.39, 0.29) is 0 Å². The quantitative estimate of drug-likeness (QED) is 0.769. The highest BCUT2D eigenvalue weighted by Gasteiger charge is 2.52. The van der Waals surface area contributed by atoms with Crippen molar-refractivity contribution in [3.8, 4) is 0 Å². The summed E-state index contributed by atoms with van der Waals surface area (Å²) in [7, 11) is 0. The molecule has 0 N–H and O–H groups in total. The molecular formula is C14H25NOS. The normalized spacial score (nSPS) is 41.1. The molecule has 3 heterocycles. The summed E-state index contributed by atoms with van der Waals surface area (Å²) in [5.41, 5.74) is 0. The van der Waals surface area contributed by atoms with E-state index in [9.17, 15) is 0 Å². The highest BCUT2D eigenvalue weighted by Crippen LogP contribution is 2.47. The Morgan fingerprint density at radius 3 is 2.24 bits per heavy atom. The van der Waals surface area contributed by atoms with Gasteiger partial charge >= 0.3 is 0 Å². The van der Waals surface area contributed by atoms with Crippen LogP contribution in [0.25, 0.3) is 0 Å². The molecule has 17 heavy (non-hydrogen) atoms. The fourth-order valence-electron chi connectivity index (χ4n) is 3.71. The molecule has 3 aliphatic rings. The average molecular weight is 255 g/mol. The number of rotatable bonds is 3. The second-order valence-corrected chi connectivity index (χ2v) is 8.76. The number of hydrogen-bond acceptors (Lipinski definition) is 3. The van der Waals surface area contributed by atoms with Crippen LogP contribution in [0.5, 0.6) is 0 Å². The summed E-state index contributed by atoms with van der Waals surface area (Å²) < 4.78 is 6.43. The predicted octanol–water partition coefficient (Wildman–Crippen LogP) is 2.63. The summed E-state index contributed by atoms with van der Waals surface area (Å²) in [5, 5.41) is 0. The van der Waals surface area contributed by atoms with Gasteiger partial charge in [-0.2, -0.15) is 11.8 Å². The second-order valence-electron chi connectivity index (χ2n) is 6.84. The maximum Gasteiger partial charge on any atom is 0.0624 e. The lowest BCUT2D eigenvalue weighted by Gasteiger charge is -2.22. The van der Waals surface area contributed by atoms with Gasteiger partial charge in [-0.3, -0.25) is 0 Å². The topological polar surface area (TPSA) is 12.5 Å². The number of thioether (sulfide) groups is 1. The molecule has 0 radical (unpaired) electrons. The highest BCUT2D eigenvalue weighted by molar-refractivity contribution is 8.00. The minimum atomic E-state index is 0.414. The van der Waals surface area contributed by atoms with Gasteiger partial charge in [0.1, 0.15) is 0 Å². The summed E-state index contributed by atoms with van der Waals surface area (Å²) >= 11 is 2.09. The number of likely N-dealkylation sites (tertiary alicyclic amines) is 1. The maximum absolute atomic E-state index is 6.01. The molecule has 3 rings (SSSR count). The van der Waals surface area contributed by atoms with E-state index in [0.717, 1.165) is 11.8 Å². The highest BCUT2D eigenvalue weighted by atomic mass is 32.2. The van der Waals surface area contributed by atoms with Crippen LogP contribution in [0.15, 0.2) is 0 Å². The lowest BCUT2D eigenvalue weighted by molar-refractivity contribution is 0.0714. The summed E-state index contributed by atoms with van der Waals surface area (Å²) in [5.74, 6) is 3.01. The molecule has 0 amide bonds. The van der Waals surface area contributed by atoms with Gasteiger partial charge in [0.2, 0.25) is 0 Å². The van der Waals surface area contributed by atoms with Gasteiger partial charge in [-0.1, -0.05) is 20.8 Å². The molecule has 0 saturated carbocycles. The molecule has 3 heteroatoms. The SMILES string of the molecule is CC(C)(C)SCCN1CC2C3CCC(O3)C2C1. The van der Waals surface area contributed by atoms with Gasteiger partial charge in [0, 0.05) is 42.0 Å². The van der Waals surface area contributed by atoms with Gasteiger partial charge in [0.25, 0.3) is 0 Å². The largest absolute Gasteiger partial charge is 0.374 e. The zero-order chi connectivity index (χ0) is 12.0. The zero-order valence-electron chi connectivity index (χ0n) is 11.3. The van der Waals surface area contributed by atoms with Gasteiger partial charge in [-0.05, 0) is 12.8 Å². The molecule has 0 aromatic rings. The van der Waals surface area contributed by atoms with E-state index in [1.54, 1.807) is 0 Å². The Kier molecular flexibility index (Phi) is 3.21. The van der Waals surface area contributed by atoms with Crippen molar-refractivity contribution in [1.29, 1.82) is 0 Å². The molecule has 3 fully saturated rings. The molecule has 0 aromatic heterocycles. The van der Waals surface area contributed by atoms with E-state index in [4.69, 9.17) is 4.74 Å². The molecule has 98 valence electrons. The minimum Gasteiger partial charge on any atom is -0.374 e. The Hall–Kier alpha value is 0.270. The first kappa shape index (κ1) is 12.3. The molecule has 4 atom stereocenters. The van der Waals surface area contributed by atoms with E-state index in [1.807, 2.05) is 0 Å². The molecule has 3 saturated heterocycles. The average Bonchev–Trinajstić information content (AvgIpc) is 2.85. The number of ether oxygens (including phenoxy) is 1. The van der Waals surface area contributed by atoms with E-state index in [1.165, 1.54) is 38.2 Å². The van der Waals surface area contributed by atoms with Gasteiger partial charge in [0.05, 0.1) is 12.2 Å². The van der Waals surface area contributed by atoms with Gasteiger partial charge in [-0.25, -0.2) is 0 Å². The third-order valence-electron chi connectivity index (χ3n) is 4.47. The van der Waals surface area contributed by atoms with Crippen molar-refractivity contribution in [2.75, 3.05) is 25.4 Å². The van der Waals surface area contributed by atoms with Crippen molar-refractivity contribution >= 4 is 11.8 Å². The zero-order valence-corrected chi connectivity index (χ0v) is 12.1. The van der Waals surface area contributed by atoms with Crippen molar-refractivity contribution in [2.24, 2.45) is 11.8 Å². The number of hydrogen-bond donors (Lipinski definition) is 0. The molecule has 4 unspecified atom stereocenters. The fourth-order valence-corrected chi connectivity index (χ4v) is 4.67. The van der Waals surface area contributed by atoms with Crippen molar-refractivity contribution in [2.45, 2.75) is 50.6 Å². The molecule has 0 aromatic carbocycles. The van der Waals surface area contributed by atoms with Crippen LogP contribution in [0, 0.1) is 11.8 Å². The van der Waals surface area contributed by atoms with Gasteiger partial charge in [-0.15, -0.1) is 0 Å². The van der Waals surface area contributed by atoms with Crippen molar-refractivity contribution in [3.63, 3.8) is 0 Å². The van der Waals surface area contributed by atoms with Crippen molar-refractivity contribution < 1.29 is 4.74 Å². The third-order valence-corrected chi connectivity index (χ3v) is 5.72. The Morgan fingerprint density at radius 2 is 1.71 bits per heavy atom. The van der Waals surface area contributed by atoms with Crippen LogP contribution in [0.3, 0.4) is 0 Å². The van der Waals surface area contributed by atoms with Crippen LogP contribution in [-0.4, -0.2) is 47.2 Å². The van der Waals surface area contributed by atoms with Crippen LogP contribution in [0.1, 0.15) is 33.6 Å². The molecular weight excluding hydrogens is 230 g/mol. The Bertz CT molecular complexity index is 270. The first-order valence-electron chi connectivity index (χ1n) is 7.05. The lowest BCUT2D eigenvalue weighted by Crippen LogP contribution is -2.28. The molecule has 0 spiro atoms. The fraction of sp³-hybridized carbons (Fsp3) is 1.00. The number of fused-ring (bicyclic) bond motifs is 5. The Balaban J connectivity index is 1.46.